The van der Waals surface area contributed by atoms with Gasteiger partial charge in [-0.1, -0.05) is 13.8 Å². The maximum atomic E-state index is 12.5. The van der Waals surface area contributed by atoms with E-state index in [-0.39, 0.29) is 19.4 Å². The van der Waals surface area contributed by atoms with Crippen LogP contribution in [0.25, 0.3) is 0 Å². The monoisotopic (exact) mass is 292 g/mol. The lowest BCUT2D eigenvalue weighted by atomic mass is 10.0. The number of halogens is 3. The van der Waals surface area contributed by atoms with E-state index in [9.17, 15) is 26.4 Å². The van der Waals surface area contributed by atoms with Crippen molar-refractivity contribution in [2.24, 2.45) is 5.92 Å². The molecule has 0 fully saturated rings. The number of nitrogens with one attached hydrogen (secondary N) is 2. The zero-order valence-corrected chi connectivity index (χ0v) is 10.8. The predicted octanol–water partition coefficient (Wildman–Crippen LogP) is 0.472. The third kappa shape index (κ3) is 4.42. The van der Waals surface area contributed by atoms with E-state index in [2.05, 4.69) is 0 Å². The summed E-state index contributed by atoms with van der Waals surface area (Å²) < 4.78 is 63.2. The lowest BCUT2D eigenvalue weighted by molar-refractivity contribution is -0.201. The molecule has 0 saturated heterocycles. The molecule has 6 nitrogen and oxygen atoms in total. The van der Waals surface area contributed by atoms with Gasteiger partial charge in [0.15, 0.2) is 0 Å². The van der Waals surface area contributed by atoms with Crippen molar-refractivity contribution in [3.63, 3.8) is 0 Å². The number of hydrogen-bond donors (Lipinski definition) is 3. The molecule has 0 amide bonds. The molecule has 18 heavy (non-hydrogen) atoms. The minimum atomic E-state index is -5.26. The third-order valence-electron chi connectivity index (χ3n) is 2.01. The molecule has 3 N–H and O–H groups in total. The van der Waals surface area contributed by atoms with Gasteiger partial charge in [-0.2, -0.15) is 26.3 Å². The van der Waals surface area contributed by atoms with Gasteiger partial charge >= 0.3 is 12.1 Å². The van der Waals surface area contributed by atoms with Crippen LogP contribution >= 0.6 is 0 Å². The average molecular weight is 292 g/mol. The second-order valence-electron chi connectivity index (χ2n) is 4.28. The maximum Gasteiger partial charge on any atom is 0.418 e. The van der Waals surface area contributed by atoms with Gasteiger partial charge in [-0.25, -0.2) is 9.52 Å². The molecule has 0 aliphatic carbocycles. The van der Waals surface area contributed by atoms with Crippen molar-refractivity contribution in [2.45, 2.75) is 32.5 Å². The Morgan fingerprint density at radius 3 is 2.06 bits per heavy atom. The summed E-state index contributed by atoms with van der Waals surface area (Å²) >= 11 is 0. The second-order valence-corrected chi connectivity index (χ2v) is 5.78. The summed E-state index contributed by atoms with van der Waals surface area (Å²) in [5, 5.41) is 8.53. The quantitative estimate of drug-likeness (QED) is 0.663. The zero-order chi connectivity index (χ0) is 14.8. The molecule has 0 saturated carbocycles. The first-order valence-corrected chi connectivity index (χ1v) is 6.39. The van der Waals surface area contributed by atoms with Crippen LogP contribution in [-0.2, 0) is 15.0 Å². The van der Waals surface area contributed by atoms with Crippen LogP contribution in [0.15, 0.2) is 0 Å². The Labute approximate surface area is 103 Å². The lowest BCUT2D eigenvalue weighted by Crippen LogP contribution is -2.63. The number of carbonyl (C=O) groups is 1. The van der Waals surface area contributed by atoms with Crippen molar-refractivity contribution in [1.29, 1.82) is 0 Å². The van der Waals surface area contributed by atoms with Crippen molar-refractivity contribution in [1.82, 2.24) is 9.44 Å². The highest BCUT2D eigenvalue weighted by Crippen LogP contribution is 2.30. The van der Waals surface area contributed by atoms with E-state index in [1.54, 1.807) is 13.8 Å². The van der Waals surface area contributed by atoms with Crippen molar-refractivity contribution in [3.05, 3.63) is 0 Å². The number of aliphatic carboxylic acids is 1. The Balaban J connectivity index is 5.08. The van der Waals surface area contributed by atoms with Crippen LogP contribution in [0.4, 0.5) is 13.2 Å². The molecule has 0 heterocycles. The Morgan fingerprint density at radius 2 is 1.78 bits per heavy atom. The van der Waals surface area contributed by atoms with Crippen molar-refractivity contribution in [2.75, 3.05) is 6.54 Å². The molecule has 0 aromatic heterocycles. The van der Waals surface area contributed by atoms with Gasteiger partial charge in [-0.15, -0.1) is 0 Å². The zero-order valence-electron chi connectivity index (χ0n) is 10.00. The van der Waals surface area contributed by atoms with Gasteiger partial charge in [0.25, 0.3) is 10.2 Å². The summed E-state index contributed by atoms with van der Waals surface area (Å²) in [6.07, 6.45) is -5.26. The third-order valence-corrected chi connectivity index (χ3v) is 3.24. The Hall–Kier alpha value is -0.870. The van der Waals surface area contributed by atoms with E-state index in [1.807, 2.05) is 4.72 Å². The SMILES string of the molecule is CC(C)CNS(=O)(=O)NC(C)(C(=O)O)C(F)(F)F. The largest absolute Gasteiger partial charge is 0.480 e. The fourth-order valence-electron chi connectivity index (χ4n) is 0.804. The van der Waals surface area contributed by atoms with Crippen molar-refractivity contribution < 1.29 is 31.5 Å². The van der Waals surface area contributed by atoms with E-state index in [0.717, 1.165) is 4.72 Å². The summed E-state index contributed by atoms with van der Waals surface area (Å²) in [5.41, 5.74) is -3.57. The van der Waals surface area contributed by atoms with Gasteiger partial charge < -0.3 is 5.11 Å². The first-order valence-electron chi connectivity index (χ1n) is 4.90. The number of alkyl halides is 3. The first kappa shape index (κ1) is 17.1. The fourth-order valence-corrected chi connectivity index (χ4v) is 2.17. The molecule has 0 aliphatic heterocycles. The van der Waals surface area contributed by atoms with E-state index >= 15 is 0 Å². The Morgan fingerprint density at radius 1 is 1.33 bits per heavy atom. The molecule has 0 radical (unpaired) electrons. The van der Waals surface area contributed by atoms with Crippen molar-refractivity contribution in [3.8, 4) is 0 Å². The second kappa shape index (κ2) is 5.41. The summed E-state index contributed by atoms with van der Waals surface area (Å²) in [6.45, 7) is 3.41. The predicted molar refractivity (Wildman–Crippen MR) is 57.0 cm³/mol. The summed E-state index contributed by atoms with van der Waals surface area (Å²) in [5.74, 6) is -2.46. The standard InChI is InChI=1S/C8H15F3N2O4S/c1-5(2)4-12-18(16,17)13-7(3,6(14)15)8(9,10)11/h5,12-13H,4H2,1-3H3,(H,14,15). The maximum absolute atomic E-state index is 12.5. The van der Waals surface area contributed by atoms with E-state index in [4.69, 9.17) is 5.11 Å². The van der Waals surface area contributed by atoms with E-state index in [1.165, 1.54) is 0 Å². The normalized spacial score (nSPS) is 16.6. The number of carboxylic acid groups (broad SMARTS) is 1. The minimum Gasteiger partial charge on any atom is -0.480 e. The highest BCUT2D eigenvalue weighted by molar-refractivity contribution is 7.87. The van der Waals surface area contributed by atoms with E-state index < -0.39 is 27.9 Å². The van der Waals surface area contributed by atoms with Crippen LogP contribution in [0.2, 0.25) is 0 Å². The van der Waals surface area contributed by atoms with Crippen LogP contribution in [0, 0.1) is 5.92 Å². The minimum absolute atomic E-state index is 0.108. The molecule has 0 rings (SSSR count). The molecule has 0 aromatic carbocycles. The molecule has 1 atom stereocenters. The molecule has 0 bridgehead atoms. The molecule has 10 heteroatoms. The number of rotatable bonds is 6. The first-order chi connectivity index (χ1) is 7.82. The summed E-state index contributed by atoms with van der Waals surface area (Å²) in [6, 6.07) is 0. The smallest absolute Gasteiger partial charge is 0.418 e. The average Bonchev–Trinajstić information content (AvgIpc) is 2.12. The Kier molecular flexibility index (Phi) is 5.15. The number of carboxylic acids is 1. The lowest BCUT2D eigenvalue weighted by Gasteiger charge is -2.28. The fraction of sp³-hybridized carbons (Fsp3) is 0.875. The van der Waals surface area contributed by atoms with Crippen LogP contribution in [-0.4, -0.2) is 37.8 Å². The van der Waals surface area contributed by atoms with Gasteiger partial charge in [0.05, 0.1) is 0 Å². The van der Waals surface area contributed by atoms with E-state index in [0.29, 0.717) is 0 Å². The molecule has 0 aliphatic rings. The topological polar surface area (TPSA) is 95.5 Å². The van der Waals surface area contributed by atoms with Crippen LogP contribution < -0.4 is 9.44 Å². The Bertz CT molecular complexity index is 407. The highest BCUT2D eigenvalue weighted by atomic mass is 32.2. The van der Waals surface area contributed by atoms with Crippen molar-refractivity contribution >= 4 is 16.2 Å². The molecule has 0 aromatic rings. The van der Waals surface area contributed by atoms with Gasteiger partial charge in [-0.3, -0.25) is 0 Å². The molecular weight excluding hydrogens is 277 g/mol. The molecule has 0 spiro atoms. The van der Waals surface area contributed by atoms with Crippen LogP contribution in [0.1, 0.15) is 20.8 Å². The summed E-state index contributed by atoms with van der Waals surface area (Å²) in [7, 11) is -4.56. The van der Waals surface area contributed by atoms with Crippen LogP contribution in [0.5, 0.6) is 0 Å². The van der Waals surface area contributed by atoms with Gasteiger partial charge in [0, 0.05) is 6.54 Å². The van der Waals surface area contributed by atoms with Crippen LogP contribution in [0.3, 0.4) is 0 Å². The molecule has 108 valence electrons. The number of hydrogen-bond acceptors (Lipinski definition) is 3. The summed E-state index contributed by atoms with van der Waals surface area (Å²) in [4.78, 5) is 10.6. The van der Waals surface area contributed by atoms with Gasteiger partial charge in [0.2, 0.25) is 5.54 Å². The highest BCUT2D eigenvalue weighted by Gasteiger charge is 2.59. The van der Waals surface area contributed by atoms with Gasteiger partial charge in [0.1, 0.15) is 0 Å². The molecular formula is C8H15F3N2O4S. The molecule has 1 unspecified atom stereocenters. The van der Waals surface area contributed by atoms with Gasteiger partial charge in [-0.05, 0) is 12.8 Å².